The molecule has 1 rings (SSSR count). The van der Waals surface area contributed by atoms with E-state index in [-0.39, 0.29) is 0 Å². The van der Waals surface area contributed by atoms with Crippen molar-refractivity contribution in [3.63, 3.8) is 0 Å². The Morgan fingerprint density at radius 1 is 0.938 bits per heavy atom. The molecule has 90 valence electrons. The minimum atomic E-state index is 0.761. The van der Waals surface area contributed by atoms with Crippen molar-refractivity contribution in [2.24, 2.45) is 5.92 Å². The first kappa shape index (κ1) is 13.3. The summed E-state index contributed by atoms with van der Waals surface area (Å²) in [5, 5.41) is 0. The van der Waals surface area contributed by atoms with Crippen molar-refractivity contribution >= 4 is 0 Å². The Morgan fingerprint density at radius 3 is 2.25 bits per heavy atom. The second-order valence-corrected chi connectivity index (χ2v) is 5.18. The molecule has 0 unspecified atom stereocenters. The lowest BCUT2D eigenvalue weighted by Crippen LogP contribution is -1.99. The van der Waals surface area contributed by atoms with E-state index in [1.807, 2.05) is 0 Å². The molecule has 0 fully saturated rings. The van der Waals surface area contributed by atoms with Gasteiger partial charge in [0.25, 0.3) is 0 Å². The molecular formula is C16H26. The van der Waals surface area contributed by atoms with E-state index in [0.29, 0.717) is 0 Å². The maximum absolute atomic E-state index is 2.31. The second-order valence-electron chi connectivity index (χ2n) is 5.18. The smallest absolute Gasteiger partial charge is 0.0253 e. The lowest BCUT2D eigenvalue weighted by atomic mass is 9.95. The Bertz CT molecular complexity index is 286. The van der Waals surface area contributed by atoms with Gasteiger partial charge >= 0.3 is 0 Å². The minimum absolute atomic E-state index is 0.761. The van der Waals surface area contributed by atoms with Gasteiger partial charge in [0, 0.05) is 0 Å². The summed E-state index contributed by atoms with van der Waals surface area (Å²) in [7, 11) is 0. The van der Waals surface area contributed by atoms with Gasteiger partial charge in [-0.15, -0.1) is 0 Å². The Labute approximate surface area is 101 Å². The highest BCUT2D eigenvalue weighted by molar-refractivity contribution is 5.27. The summed E-state index contributed by atoms with van der Waals surface area (Å²) in [6.45, 7) is 6.87. The van der Waals surface area contributed by atoms with E-state index in [2.05, 4.69) is 45.0 Å². The molecule has 0 bridgehead atoms. The average Bonchev–Trinajstić information content (AvgIpc) is 2.26. The van der Waals surface area contributed by atoms with Crippen molar-refractivity contribution in [3.05, 3.63) is 35.4 Å². The summed E-state index contributed by atoms with van der Waals surface area (Å²) in [6, 6.07) is 8.96. The molecule has 0 radical (unpaired) electrons. The molecule has 1 aromatic carbocycles. The van der Waals surface area contributed by atoms with Gasteiger partial charge in [-0.3, -0.25) is 0 Å². The number of hydrogen-bond acceptors (Lipinski definition) is 0. The predicted octanol–water partition coefficient (Wildman–Crippen LogP) is 5.01. The lowest BCUT2D eigenvalue weighted by molar-refractivity contribution is 0.632. The van der Waals surface area contributed by atoms with Crippen molar-refractivity contribution in [3.8, 4) is 0 Å². The molecule has 0 N–H and O–H groups in total. The van der Waals surface area contributed by atoms with Crippen LogP contribution in [0.25, 0.3) is 0 Å². The van der Waals surface area contributed by atoms with Crippen LogP contribution in [-0.2, 0) is 12.8 Å². The van der Waals surface area contributed by atoms with Crippen molar-refractivity contribution < 1.29 is 0 Å². The van der Waals surface area contributed by atoms with Gasteiger partial charge in [-0.25, -0.2) is 0 Å². The van der Waals surface area contributed by atoms with Crippen LogP contribution in [0.15, 0.2) is 24.3 Å². The van der Waals surface area contributed by atoms with Crippen molar-refractivity contribution in [2.45, 2.75) is 59.3 Å². The zero-order valence-corrected chi connectivity index (χ0v) is 11.1. The molecule has 0 nitrogen and oxygen atoms in total. The zero-order valence-electron chi connectivity index (χ0n) is 11.1. The number of rotatable bonds is 7. The average molecular weight is 218 g/mol. The molecule has 0 saturated heterocycles. The number of unbranched alkanes of at least 4 members (excludes halogenated alkanes) is 3. The van der Waals surface area contributed by atoms with E-state index in [1.165, 1.54) is 38.5 Å². The van der Waals surface area contributed by atoms with Crippen LogP contribution in [-0.4, -0.2) is 0 Å². The highest BCUT2D eigenvalue weighted by Gasteiger charge is 2.03. The maximum Gasteiger partial charge on any atom is -0.0253 e. The molecule has 0 aliphatic carbocycles. The van der Waals surface area contributed by atoms with E-state index < -0.39 is 0 Å². The first-order valence-corrected chi connectivity index (χ1v) is 6.80. The molecule has 0 aliphatic rings. The van der Waals surface area contributed by atoms with Crippen LogP contribution >= 0.6 is 0 Å². The normalized spacial score (nSPS) is 11.0. The third-order valence-electron chi connectivity index (χ3n) is 3.05. The first-order chi connectivity index (χ1) is 7.74. The topological polar surface area (TPSA) is 0 Å². The van der Waals surface area contributed by atoms with Crippen molar-refractivity contribution in [2.75, 3.05) is 0 Å². The Morgan fingerprint density at radius 2 is 1.62 bits per heavy atom. The molecule has 0 atom stereocenters. The van der Waals surface area contributed by atoms with Gasteiger partial charge in [0.2, 0.25) is 0 Å². The van der Waals surface area contributed by atoms with E-state index in [4.69, 9.17) is 0 Å². The Kier molecular flexibility index (Phi) is 6.22. The van der Waals surface area contributed by atoms with Gasteiger partial charge in [-0.2, -0.15) is 0 Å². The first-order valence-electron chi connectivity index (χ1n) is 6.80. The maximum atomic E-state index is 2.31. The zero-order chi connectivity index (χ0) is 11.8. The monoisotopic (exact) mass is 218 g/mol. The summed E-state index contributed by atoms with van der Waals surface area (Å²) in [5.41, 5.74) is 3.14. The van der Waals surface area contributed by atoms with Crippen LogP contribution in [0.5, 0.6) is 0 Å². The molecule has 1 aromatic rings. The molecule has 0 amide bonds. The van der Waals surface area contributed by atoms with Gasteiger partial charge in [-0.05, 0) is 36.3 Å². The van der Waals surface area contributed by atoms with Gasteiger partial charge in [0.15, 0.2) is 0 Å². The molecule has 0 spiro atoms. The molecule has 0 heteroatoms. The molecule has 16 heavy (non-hydrogen) atoms. The summed E-state index contributed by atoms with van der Waals surface area (Å²) in [4.78, 5) is 0. The van der Waals surface area contributed by atoms with E-state index in [1.54, 1.807) is 11.1 Å². The van der Waals surface area contributed by atoms with Gasteiger partial charge in [-0.1, -0.05) is 64.3 Å². The van der Waals surface area contributed by atoms with Crippen LogP contribution in [0.1, 0.15) is 57.6 Å². The highest BCUT2D eigenvalue weighted by atomic mass is 14.1. The third kappa shape index (κ3) is 4.83. The summed E-state index contributed by atoms with van der Waals surface area (Å²) in [5.74, 6) is 0.761. The fraction of sp³-hybridized carbons (Fsp3) is 0.625. The predicted molar refractivity (Wildman–Crippen MR) is 72.8 cm³/mol. The molecule has 0 aliphatic heterocycles. The molecule has 0 aromatic heterocycles. The second kappa shape index (κ2) is 7.49. The number of aryl methyl sites for hydroxylation is 1. The van der Waals surface area contributed by atoms with Gasteiger partial charge in [0.05, 0.1) is 0 Å². The summed E-state index contributed by atoms with van der Waals surface area (Å²) < 4.78 is 0. The fourth-order valence-electron chi connectivity index (χ4n) is 2.18. The van der Waals surface area contributed by atoms with Crippen LogP contribution < -0.4 is 0 Å². The van der Waals surface area contributed by atoms with Crippen LogP contribution in [0.4, 0.5) is 0 Å². The van der Waals surface area contributed by atoms with Crippen molar-refractivity contribution in [1.82, 2.24) is 0 Å². The van der Waals surface area contributed by atoms with Gasteiger partial charge in [0.1, 0.15) is 0 Å². The van der Waals surface area contributed by atoms with E-state index in [9.17, 15) is 0 Å². The third-order valence-corrected chi connectivity index (χ3v) is 3.05. The SMILES string of the molecule is CCCCCCc1ccccc1CC(C)C. The Hall–Kier alpha value is -0.780. The lowest BCUT2D eigenvalue weighted by Gasteiger charge is -2.11. The van der Waals surface area contributed by atoms with Crippen LogP contribution in [0.2, 0.25) is 0 Å². The molecule has 0 heterocycles. The fourth-order valence-corrected chi connectivity index (χ4v) is 2.18. The minimum Gasteiger partial charge on any atom is -0.0654 e. The Balaban J connectivity index is 2.50. The highest BCUT2D eigenvalue weighted by Crippen LogP contribution is 2.16. The van der Waals surface area contributed by atoms with E-state index in [0.717, 1.165) is 5.92 Å². The van der Waals surface area contributed by atoms with E-state index >= 15 is 0 Å². The molecular weight excluding hydrogens is 192 g/mol. The summed E-state index contributed by atoms with van der Waals surface area (Å²) >= 11 is 0. The quantitative estimate of drug-likeness (QED) is 0.564. The number of benzene rings is 1. The summed E-state index contributed by atoms with van der Waals surface area (Å²) in [6.07, 6.45) is 7.93. The van der Waals surface area contributed by atoms with Crippen LogP contribution in [0, 0.1) is 5.92 Å². The van der Waals surface area contributed by atoms with Gasteiger partial charge < -0.3 is 0 Å². The number of hydrogen-bond donors (Lipinski definition) is 0. The van der Waals surface area contributed by atoms with Crippen LogP contribution in [0.3, 0.4) is 0 Å². The molecule has 0 saturated carbocycles. The standard InChI is InChI=1S/C16H26/c1-4-5-6-7-10-15-11-8-9-12-16(15)13-14(2)3/h8-9,11-12,14H,4-7,10,13H2,1-3H3. The van der Waals surface area contributed by atoms with Crippen molar-refractivity contribution in [1.29, 1.82) is 0 Å². The largest absolute Gasteiger partial charge is 0.0654 e.